The van der Waals surface area contributed by atoms with E-state index in [9.17, 15) is 0 Å². The van der Waals surface area contributed by atoms with Crippen LogP contribution in [0.3, 0.4) is 0 Å². The Morgan fingerprint density at radius 1 is 0.711 bits per heavy atom. The van der Waals surface area contributed by atoms with Crippen molar-refractivity contribution in [3.63, 3.8) is 0 Å². The average molecular weight is 711 g/mol. The van der Waals surface area contributed by atoms with Crippen molar-refractivity contribution in [1.82, 2.24) is 0 Å². The van der Waals surface area contributed by atoms with Crippen LogP contribution in [0, 0.1) is 13.0 Å². The Kier molecular flexibility index (Phi) is 14.4. The van der Waals surface area contributed by atoms with E-state index < -0.39 is 0 Å². The van der Waals surface area contributed by atoms with Gasteiger partial charge in [-0.1, -0.05) is 54.4 Å². The molecule has 228 valence electrons. The van der Waals surface area contributed by atoms with E-state index in [1.54, 1.807) is 0 Å². The summed E-state index contributed by atoms with van der Waals surface area (Å²) in [6.07, 6.45) is 1.05. The first-order valence-corrected chi connectivity index (χ1v) is 16.0. The zero-order chi connectivity index (χ0) is 30.0. The average Bonchev–Trinajstić information content (AvgIpc) is 3.61. The maximum Gasteiger partial charge on any atom is -0.0253 e. The Balaban J connectivity index is 0.000000181. The molecule has 1 aliphatic rings. The molecule has 5 heteroatoms. The summed E-state index contributed by atoms with van der Waals surface area (Å²) < 4.78 is 12.6. The van der Waals surface area contributed by atoms with Crippen LogP contribution in [0.25, 0.3) is 21.9 Å². The molecule has 0 fully saturated rings. The molecule has 2 nitrogen and oxygen atoms in total. The quantitative estimate of drug-likeness (QED) is 0.246. The number of aryl methyl sites for hydroxylation is 1. The topological polar surface area (TPSA) is 18.5 Å². The van der Waals surface area contributed by atoms with Crippen LogP contribution in [0.1, 0.15) is 41.7 Å². The molecule has 0 saturated carbocycles. The number of ether oxygens (including phenoxy) is 2. The fraction of sp³-hybridized carbons (Fsp3) is 0.150. The third-order valence-corrected chi connectivity index (χ3v) is 8.68. The molecule has 6 aromatic carbocycles. The van der Waals surface area contributed by atoms with Gasteiger partial charge in [-0.15, -0.1) is 28.0 Å². The summed E-state index contributed by atoms with van der Waals surface area (Å²) in [6.45, 7) is 7.38. The van der Waals surface area contributed by atoms with Crippen LogP contribution in [-0.4, -0.2) is 16.4 Å². The zero-order valence-electron chi connectivity index (χ0n) is 25.8. The van der Waals surface area contributed by atoms with Gasteiger partial charge in [-0.05, 0) is 20.3 Å². The minimum absolute atomic E-state index is 0. The molecular weight excluding hydrogens is 675 g/mol. The van der Waals surface area contributed by atoms with Gasteiger partial charge in [0, 0.05) is 0 Å². The predicted octanol–water partition coefficient (Wildman–Crippen LogP) is 3.53. The molecule has 0 N–H and O–H groups in total. The van der Waals surface area contributed by atoms with Gasteiger partial charge in [0.2, 0.25) is 0 Å². The molecule has 0 aliphatic heterocycles. The second-order valence-electron chi connectivity index (χ2n) is 10.3. The van der Waals surface area contributed by atoms with Crippen LogP contribution in [-0.2, 0) is 30.7 Å². The van der Waals surface area contributed by atoms with Gasteiger partial charge in [0.05, 0.1) is 13.2 Å². The van der Waals surface area contributed by atoms with Gasteiger partial charge in [0.15, 0.2) is 0 Å². The Morgan fingerprint density at radius 2 is 1.27 bits per heavy atom. The molecule has 7 rings (SSSR count). The van der Waals surface area contributed by atoms with E-state index in [0.29, 0.717) is 13.2 Å². The summed E-state index contributed by atoms with van der Waals surface area (Å²) in [6, 6.07) is 47.6. The Morgan fingerprint density at radius 3 is 1.89 bits per heavy atom. The Labute approximate surface area is 294 Å². The van der Waals surface area contributed by atoms with Crippen LogP contribution in [0.2, 0.25) is 0 Å². The molecule has 0 aromatic heterocycles. The summed E-state index contributed by atoms with van der Waals surface area (Å²) in [5, 5.41) is 2.42. The summed E-state index contributed by atoms with van der Waals surface area (Å²) in [5.74, 6) is 1.67. The van der Waals surface area contributed by atoms with Gasteiger partial charge < -0.3 is 34.3 Å². The summed E-state index contributed by atoms with van der Waals surface area (Å²) in [5.41, 5.74) is 9.44. The van der Waals surface area contributed by atoms with Crippen LogP contribution < -0.4 is 34.3 Å². The third-order valence-electron chi connectivity index (χ3n) is 7.26. The monoisotopic (exact) mass is 708 g/mol. The van der Waals surface area contributed by atoms with Crippen LogP contribution in [0.15, 0.2) is 127 Å². The van der Waals surface area contributed by atoms with Crippen molar-refractivity contribution in [2.24, 2.45) is 0 Å². The number of hydrogen-bond acceptors (Lipinski definition) is 2. The van der Waals surface area contributed by atoms with Gasteiger partial charge in [-0.3, -0.25) is 0 Å². The van der Waals surface area contributed by atoms with Gasteiger partial charge >= 0.3 is 99.2 Å². The molecule has 6 aromatic rings. The fourth-order valence-corrected chi connectivity index (χ4v) is 6.10. The first-order chi connectivity index (χ1) is 21.1. The molecule has 0 amide bonds. The van der Waals surface area contributed by atoms with Crippen molar-refractivity contribution in [2.45, 2.75) is 27.2 Å². The number of benzene rings is 5. The Hall–Kier alpha value is -3.36. The number of rotatable bonds is 6. The van der Waals surface area contributed by atoms with Crippen molar-refractivity contribution >= 4 is 14.0 Å². The molecule has 0 unspecified atom stereocenters. The second kappa shape index (κ2) is 18.0. The van der Waals surface area contributed by atoms with E-state index in [-0.39, 0.29) is 24.8 Å². The third kappa shape index (κ3) is 9.33. The van der Waals surface area contributed by atoms with Gasteiger partial charge in [0.1, 0.15) is 11.5 Å². The van der Waals surface area contributed by atoms with E-state index >= 15 is 0 Å². The molecule has 0 bridgehead atoms. The molecule has 1 aliphatic carbocycles. The number of fused-ring (bicyclic) bond motifs is 4. The largest absolute Gasteiger partial charge is 0.179 e. The van der Waals surface area contributed by atoms with Crippen LogP contribution in [0.5, 0.6) is 11.5 Å². The van der Waals surface area contributed by atoms with Crippen LogP contribution >= 0.6 is 0 Å². The molecular formula is C40H36Cl2O2Zr-2. The second-order valence-corrected chi connectivity index (χ2v) is 11.6. The SMILES string of the molecule is CCOc1cc2cc(C)[cH-]c2cc1OCC.[Cl-].[Cl-].[Zr+2]=[C](c1ccccc1)c1ccccc1.[c-]1cccc2c1Cc1ccccc1-2. The molecule has 0 radical (unpaired) electrons. The van der Waals surface area contributed by atoms with Crippen molar-refractivity contribution in [3.05, 3.63) is 161 Å². The van der Waals surface area contributed by atoms with E-state index in [1.807, 2.05) is 19.9 Å². The van der Waals surface area contributed by atoms with Crippen molar-refractivity contribution in [3.8, 4) is 22.6 Å². The van der Waals surface area contributed by atoms with Crippen molar-refractivity contribution in [1.29, 1.82) is 0 Å². The predicted molar refractivity (Wildman–Crippen MR) is 176 cm³/mol. The van der Waals surface area contributed by atoms with Crippen LogP contribution in [0.4, 0.5) is 0 Å². The van der Waals surface area contributed by atoms with E-state index in [4.69, 9.17) is 9.47 Å². The smallest absolute Gasteiger partial charge is 0.0253 e. The summed E-state index contributed by atoms with van der Waals surface area (Å²) in [7, 11) is 0. The molecule has 0 spiro atoms. The van der Waals surface area contributed by atoms with Crippen molar-refractivity contribution in [2.75, 3.05) is 13.2 Å². The van der Waals surface area contributed by atoms with E-state index in [2.05, 4.69) is 134 Å². The van der Waals surface area contributed by atoms with Gasteiger partial charge in [0.25, 0.3) is 0 Å². The first kappa shape index (κ1) is 36.1. The van der Waals surface area contributed by atoms with Crippen molar-refractivity contribution < 1.29 is 58.5 Å². The molecule has 0 heterocycles. The maximum atomic E-state index is 5.58. The van der Waals surface area contributed by atoms with Gasteiger partial charge in [-0.25, -0.2) is 0 Å². The zero-order valence-corrected chi connectivity index (χ0v) is 29.8. The number of hydrogen-bond donors (Lipinski definition) is 0. The maximum absolute atomic E-state index is 5.58. The molecule has 0 saturated heterocycles. The van der Waals surface area contributed by atoms with Gasteiger partial charge in [-0.2, -0.15) is 35.9 Å². The standard InChI is InChI=1S/C14H17O2.C13H9.C13H10.2ClH.Zr/c1-4-15-13-8-11-6-10(3)7-12(11)9-14(13)16-5-2;1-3-7-12-10(5-1)9-11-6-2-4-8-13(11)12;1-3-7-12(8-4-1)11-13-9-5-2-6-10-13;;;/h6-9H,4-5H2,1-3H3;1-5,7-8H,9H2;1-10H;2*1H;/q2*-1;;;;+2/p-2. The van der Waals surface area contributed by atoms with E-state index in [0.717, 1.165) is 17.9 Å². The number of halogens is 2. The minimum Gasteiger partial charge on any atom is -0.179 e. The summed E-state index contributed by atoms with van der Waals surface area (Å²) >= 11 is 1.46. The first-order valence-electron chi connectivity index (χ1n) is 14.8. The van der Waals surface area contributed by atoms with E-state index in [1.165, 1.54) is 77.2 Å². The fourth-order valence-electron chi connectivity index (χ4n) is 5.28. The summed E-state index contributed by atoms with van der Waals surface area (Å²) in [4.78, 5) is 0. The Bertz CT molecular complexity index is 1670. The minimum atomic E-state index is 0. The molecule has 0 atom stereocenters. The molecule has 45 heavy (non-hydrogen) atoms. The normalized spacial score (nSPS) is 10.4.